The first-order chi connectivity index (χ1) is 9.69. The second kappa shape index (κ2) is 5.52. The summed E-state index contributed by atoms with van der Waals surface area (Å²) >= 11 is 3.45. The van der Waals surface area contributed by atoms with Gasteiger partial charge in [-0.15, -0.1) is 0 Å². The van der Waals surface area contributed by atoms with Gasteiger partial charge in [-0.25, -0.2) is 0 Å². The molecule has 0 saturated carbocycles. The quantitative estimate of drug-likeness (QED) is 0.857. The monoisotopic (exact) mass is 332 g/mol. The van der Waals surface area contributed by atoms with Crippen LogP contribution in [0.5, 0.6) is 0 Å². The van der Waals surface area contributed by atoms with Crippen LogP contribution < -0.4 is 0 Å². The van der Waals surface area contributed by atoms with Crippen molar-refractivity contribution in [2.45, 2.75) is 39.2 Å². The Hall–Kier alpha value is -1.42. The molecule has 20 heavy (non-hydrogen) atoms. The molecule has 0 bridgehead atoms. The van der Waals surface area contributed by atoms with Gasteiger partial charge in [0, 0.05) is 16.6 Å². The molecule has 0 aliphatic heterocycles. The highest BCUT2D eigenvalue weighted by Crippen LogP contribution is 2.25. The van der Waals surface area contributed by atoms with Gasteiger partial charge in [0.15, 0.2) is 5.78 Å². The molecular weight excluding hydrogens is 316 g/mol. The topological polar surface area (TPSA) is 34.9 Å². The Bertz CT molecular complexity index is 643. The van der Waals surface area contributed by atoms with Crippen LogP contribution in [0, 0.1) is 0 Å². The molecule has 0 N–H and O–H groups in total. The summed E-state index contributed by atoms with van der Waals surface area (Å²) in [5, 5.41) is 4.66. The minimum atomic E-state index is 0.269. The van der Waals surface area contributed by atoms with E-state index in [0.29, 0.717) is 6.42 Å². The molecule has 0 unspecified atom stereocenters. The lowest BCUT2D eigenvalue weighted by Crippen LogP contribution is -2.14. The molecule has 0 radical (unpaired) electrons. The number of halogens is 1. The number of carbonyl (C=O) groups excluding carboxylic acids is 1. The second-order valence-electron chi connectivity index (χ2n) is 5.18. The zero-order valence-electron chi connectivity index (χ0n) is 11.5. The molecule has 0 saturated heterocycles. The Kier molecular flexibility index (Phi) is 3.74. The van der Waals surface area contributed by atoms with Crippen molar-refractivity contribution in [3.63, 3.8) is 0 Å². The second-order valence-corrected chi connectivity index (χ2v) is 6.10. The lowest BCUT2D eigenvalue weighted by atomic mass is 9.94. The zero-order chi connectivity index (χ0) is 14.1. The standard InChI is InChI=1S/C16H17BrN2O/c1-2-13-16-14(4-3-5-15(16)20)19(18-13)10-11-6-8-12(17)9-7-11/h6-9H,2-5,10H2,1H3. The van der Waals surface area contributed by atoms with Gasteiger partial charge in [0.1, 0.15) is 0 Å². The lowest BCUT2D eigenvalue weighted by molar-refractivity contribution is 0.0971. The van der Waals surface area contributed by atoms with Crippen LogP contribution in [0.1, 0.15) is 47.1 Å². The lowest BCUT2D eigenvalue weighted by Gasteiger charge is -2.13. The zero-order valence-corrected chi connectivity index (χ0v) is 13.1. The van der Waals surface area contributed by atoms with Crippen LogP contribution in [-0.2, 0) is 19.4 Å². The van der Waals surface area contributed by atoms with Crippen molar-refractivity contribution in [1.29, 1.82) is 0 Å². The van der Waals surface area contributed by atoms with Crippen molar-refractivity contribution >= 4 is 21.7 Å². The van der Waals surface area contributed by atoms with Crippen molar-refractivity contribution in [1.82, 2.24) is 9.78 Å². The van der Waals surface area contributed by atoms with Crippen LogP contribution in [0.3, 0.4) is 0 Å². The molecule has 4 heteroatoms. The first kappa shape index (κ1) is 13.6. The fourth-order valence-electron chi connectivity index (χ4n) is 2.81. The van der Waals surface area contributed by atoms with E-state index in [4.69, 9.17) is 0 Å². The molecule has 1 aliphatic rings. The van der Waals surface area contributed by atoms with Gasteiger partial charge in [-0.3, -0.25) is 9.48 Å². The molecule has 0 fully saturated rings. The molecule has 0 atom stereocenters. The van der Waals surface area contributed by atoms with E-state index < -0.39 is 0 Å². The maximum absolute atomic E-state index is 12.1. The van der Waals surface area contributed by atoms with Gasteiger partial charge in [0.25, 0.3) is 0 Å². The maximum Gasteiger partial charge on any atom is 0.166 e. The summed E-state index contributed by atoms with van der Waals surface area (Å²) in [5.41, 5.74) is 4.19. The van der Waals surface area contributed by atoms with E-state index >= 15 is 0 Å². The summed E-state index contributed by atoms with van der Waals surface area (Å²) in [6, 6.07) is 8.26. The summed E-state index contributed by atoms with van der Waals surface area (Å²) in [5.74, 6) is 0.269. The first-order valence-electron chi connectivity index (χ1n) is 7.05. The van der Waals surface area contributed by atoms with Gasteiger partial charge >= 0.3 is 0 Å². The van der Waals surface area contributed by atoms with Gasteiger partial charge in [-0.1, -0.05) is 35.0 Å². The molecule has 1 heterocycles. The number of ketones is 1. The van der Waals surface area contributed by atoms with Gasteiger partial charge in [0.05, 0.1) is 17.8 Å². The minimum Gasteiger partial charge on any atom is -0.294 e. The summed E-state index contributed by atoms with van der Waals surface area (Å²) < 4.78 is 3.10. The Balaban J connectivity index is 1.98. The fraction of sp³-hybridized carbons (Fsp3) is 0.375. The first-order valence-corrected chi connectivity index (χ1v) is 7.84. The number of fused-ring (bicyclic) bond motifs is 1. The van der Waals surface area contributed by atoms with E-state index in [9.17, 15) is 4.79 Å². The maximum atomic E-state index is 12.1. The Morgan fingerprint density at radius 2 is 2.00 bits per heavy atom. The molecular formula is C16H17BrN2O. The number of benzene rings is 1. The van der Waals surface area contributed by atoms with E-state index in [2.05, 4.69) is 40.1 Å². The number of aromatic nitrogens is 2. The SMILES string of the molecule is CCc1nn(Cc2ccc(Br)cc2)c2c1C(=O)CCC2. The third-order valence-electron chi connectivity index (χ3n) is 3.81. The molecule has 1 aromatic carbocycles. The number of hydrogen-bond acceptors (Lipinski definition) is 2. The average Bonchev–Trinajstić information content (AvgIpc) is 2.81. The highest BCUT2D eigenvalue weighted by molar-refractivity contribution is 9.10. The van der Waals surface area contributed by atoms with Crippen molar-refractivity contribution in [2.75, 3.05) is 0 Å². The highest BCUT2D eigenvalue weighted by Gasteiger charge is 2.25. The highest BCUT2D eigenvalue weighted by atomic mass is 79.9. The van der Waals surface area contributed by atoms with Gasteiger partial charge < -0.3 is 0 Å². The van der Waals surface area contributed by atoms with Crippen LogP contribution in [-0.4, -0.2) is 15.6 Å². The van der Waals surface area contributed by atoms with Gasteiger partial charge in [0.2, 0.25) is 0 Å². The fourth-order valence-corrected chi connectivity index (χ4v) is 3.07. The van der Waals surface area contributed by atoms with Crippen molar-refractivity contribution in [3.8, 4) is 0 Å². The van der Waals surface area contributed by atoms with Crippen molar-refractivity contribution in [3.05, 3.63) is 51.3 Å². The number of rotatable bonds is 3. The summed E-state index contributed by atoms with van der Waals surface area (Å²) in [7, 11) is 0. The summed E-state index contributed by atoms with van der Waals surface area (Å²) in [4.78, 5) is 12.1. The van der Waals surface area contributed by atoms with E-state index in [-0.39, 0.29) is 5.78 Å². The smallest absolute Gasteiger partial charge is 0.166 e. The predicted molar refractivity (Wildman–Crippen MR) is 82.1 cm³/mol. The largest absolute Gasteiger partial charge is 0.294 e. The van der Waals surface area contributed by atoms with Crippen LogP contribution in [0.2, 0.25) is 0 Å². The number of hydrogen-bond donors (Lipinski definition) is 0. The van der Waals surface area contributed by atoms with Crippen LogP contribution >= 0.6 is 15.9 Å². The number of nitrogens with zero attached hydrogens (tertiary/aromatic N) is 2. The molecule has 1 aromatic heterocycles. The van der Waals surface area contributed by atoms with E-state index in [0.717, 1.165) is 47.2 Å². The molecule has 104 valence electrons. The molecule has 3 rings (SSSR count). The molecule has 3 nitrogen and oxygen atoms in total. The van der Waals surface area contributed by atoms with Crippen molar-refractivity contribution in [2.24, 2.45) is 0 Å². The number of Topliss-reactive ketones (excluding diaryl/α,β-unsaturated/α-hetero) is 1. The Labute approximate surface area is 127 Å². The normalized spacial score (nSPS) is 14.4. The molecule has 2 aromatic rings. The van der Waals surface area contributed by atoms with E-state index in [1.807, 2.05) is 16.8 Å². The van der Waals surface area contributed by atoms with Gasteiger partial charge in [-0.2, -0.15) is 5.10 Å². The molecule has 0 amide bonds. The minimum absolute atomic E-state index is 0.269. The average molecular weight is 333 g/mol. The summed E-state index contributed by atoms with van der Waals surface area (Å²) in [6.07, 6.45) is 3.40. The Morgan fingerprint density at radius 3 is 2.70 bits per heavy atom. The molecule has 0 spiro atoms. The van der Waals surface area contributed by atoms with Crippen molar-refractivity contribution < 1.29 is 4.79 Å². The van der Waals surface area contributed by atoms with Crippen LogP contribution in [0.25, 0.3) is 0 Å². The number of carbonyl (C=O) groups is 1. The third kappa shape index (κ3) is 2.44. The third-order valence-corrected chi connectivity index (χ3v) is 4.34. The van der Waals surface area contributed by atoms with E-state index in [1.54, 1.807) is 0 Å². The number of aryl methyl sites for hydroxylation is 1. The van der Waals surface area contributed by atoms with Crippen LogP contribution in [0.4, 0.5) is 0 Å². The van der Waals surface area contributed by atoms with Crippen LogP contribution in [0.15, 0.2) is 28.7 Å². The Morgan fingerprint density at radius 1 is 1.25 bits per heavy atom. The predicted octanol–water partition coefficient (Wildman–Crippen LogP) is 3.78. The molecule has 1 aliphatic carbocycles. The van der Waals surface area contributed by atoms with E-state index in [1.165, 1.54) is 5.56 Å². The summed E-state index contributed by atoms with van der Waals surface area (Å²) in [6.45, 7) is 2.80. The van der Waals surface area contributed by atoms with Gasteiger partial charge in [-0.05, 0) is 37.0 Å².